The van der Waals surface area contributed by atoms with Crippen molar-refractivity contribution in [3.63, 3.8) is 0 Å². The standard InChI is InChI=1S/C18H27NO3.C13H19N.C13H17N.C12H21NO3.C7H10N2.C7H13NO.C7H9NO.C6H5.C2HF3O.B.BrH.Mg.Na.H/c1-13(11-16(20)15-9-7-6-8-10-15)14(2)12-19-17(21)22-18(3,4)5;2*1-10-8-13(14-9-11(10)2)12-6-4-3-5-7-12;1-8-6-10(14)13(7-9(8)2)11(15)16-12(3,4)5;1-5-3-7(8)9-4-6(5)2;2*1-5-3-7(9)8-4-6(5)2;1-2-4-6-5-3-1;3-2(4,5)1-6;;;;;/h6-10,13-14H,11-12H2,1-5H3,(H,19,21);3-7,10-11,13-14H,8-9H2,1-2H3;3-7,9-11,13H,8H2,1-2H3;8-9H,6-7H2,1-5H3;3-4H,1-2H3,(H2,8,9);5-6H,3-4H2,1-2H3,(H,8,9);3-4H,1-2H3,(H,8,9);1-5H;1H;;1H;;;/q;;;;;;;-1;;;;+2;+1;-1/p-1. The van der Waals surface area contributed by atoms with Crippen LogP contribution in [0, 0.1) is 92.9 Å². The number of nitrogens with one attached hydrogen (secondary N) is 4. The number of nitrogens with two attached hydrogens (primary N) is 1. The number of aliphatic imine (C=N–C) groups is 1. The summed E-state index contributed by atoms with van der Waals surface area (Å²) in [7, 11) is 0. The summed E-state index contributed by atoms with van der Waals surface area (Å²) in [6.45, 7) is 43.5. The summed E-state index contributed by atoms with van der Waals surface area (Å²) >= 11 is 0. The molecule has 591 valence electrons. The number of carbonyl (C=O) groups is 6. The Morgan fingerprint density at radius 2 is 1.17 bits per heavy atom. The van der Waals surface area contributed by atoms with E-state index in [4.69, 9.17) is 20.0 Å². The zero-order valence-electron chi connectivity index (χ0n) is 69.7. The van der Waals surface area contributed by atoms with Gasteiger partial charge in [-0.3, -0.25) is 29.0 Å². The monoisotopic (exact) mass is 1590 g/mol. The molecule has 10 rings (SSSR count). The third-order valence-corrected chi connectivity index (χ3v) is 18.7. The number of nitrogen functional groups attached to an aromatic ring is 1. The number of hydrogen-bond donors (Lipinski definition) is 5. The van der Waals surface area contributed by atoms with Crippen molar-refractivity contribution in [2.45, 2.75) is 200 Å². The Bertz CT molecular complexity index is 3600. The van der Waals surface area contributed by atoms with Crippen molar-refractivity contribution in [2.24, 2.45) is 64.2 Å². The maximum Gasteiger partial charge on any atom is 2.00 e. The topological polar surface area (TPSA) is 244 Å². The van der Waals surface area contributed by atoms with E-state index in [1.54, 1.807) is 39.2 Å². The van der Waals surface area contributed by atoms with Crippen molar-refractivity contribution in [3.05, 3.63) is 201 Å². The van der Waals surface area contributed by atoms with Crippen LogP contribution in [-0.4, -0.2) is 132 Å². The summed E-state index contributed by atoms with van der Waals surface area (Å²) < 4.78 is 41.6. The Kier molecular flexibility index (Phi) is 53.9. The molecular weight excluding hydrogens is 1470 g/mol. The number of ketones is 1. The van der Waals surface area contributed by atoms with Gasteiger partial charge in [-0.2, -0.15) is 49.6 Å². The minimum atomic E-state index is -4.64. The number of aromatic amines is 1. The molecule has 4 aromatic carbocycles. The molecule has 24 heteroatoms. The number of Topliss-reactive ketones (excluding diaryl/α,β-unsaturated/α-hetero) is 1. The first-order valence-electron chi connectivity index (χ1n) is 36.6. The molecule has 109 heavy (non-hydrogen) atoms. The number of pyridine rings is 2. The zero-order chi connectivity index (χ0) is 79.2. The van der Waals surface area contributed by atoms with Gasteiger partial charge in [-0.15, -0.1) is 0 Å². The summed E-state index contributed by atoms with van der Waals surface area (Å²) in [5.74, 6) is 6.13. The maximum absolute atomic E-state index is 12.2. The first kappa shape index (κ1) is 107. The molecule has 12 atom stereocenters. The molecule has 3 radical (unpaired) electrons. The van der Waals surface area contributed by atoms with E-state index in [0.29, 0.717) is 79.8 Å². The molecule has 3 fully saturated rings. The number of anilines is 1. The molecule has 17 nitrogen and oxygen atoms in total. The number of rotatable bonds is 8. The van der Waals surface area contributed by atoms with Gasteiger partial charge in [0.2, 0.25) is 23.7 Å². The van der Waals surface area contributed by atoms with Crippen molar-refractivity contribution in [3.8, 4) is 0 Å². The van der Waals surface area contributed by atoms with E-state index >= 15 is 0 Å². The molecule has 0 aliphatic carbocycles. The number of amides is 4. The van der Waals surface area contributed by atoms with Crippen LogP contribution in [-0.2, 0) is 23.9 Å². The fraction of sp³-hybridized carbons (Fsp3) is 0.518. The molecule has 6 N–H and O–H groups in total. The normalized spacial score (nSPS) is 20.7. The molecule has 6 heterocycles. The van der Waals surface area contributed by atoms with Crippen LogP contribution in [0.15, 0.2) is 156 Å². The van der Waals surface area contributed by atoms with Gasteiger partial charge in [-0.05, 0) is 187 Å². The van der Waals surface area contributed by atoms with Gasteiger partial charge in [0.15, 0.2) is 5.78 Å². The minimum Gasteiger partial charge on any atom is -1.00 e. The molecule has 4 amide bonds. The third-order valence-electron chi connectivity index (χ3n) is 18.7. The van der Waals surface area contributed by atoms with E-state index in [1.807, 2.05) is 136 Å². The summed E-state index contributed by atoms with van der Waals surface area (Å²) in [5, 5.41) is 9.20. The van der Waals surface area contributed by atoms with Crippen LogP contribution in [0.25, 0.3) is 0 Å². The van der Waals surface area contributed by atoms with Crippen molar-refractivity contribution in [1.82, 2.24) is 30.8 Å². The van der Waals surface area contributed by atoms with Crippen LogP contribution in [0.4, 0.5) is 28.6 Å². The Morgan fingerprint density at radius 3 is 1.61 bits per heavy atom. The number of ether oxygens (including phenoxy) is 2. The first-order chi connectivity index (χ1) is 49.1. The average Bonchev–Trinajstić information content (AvgIpc) is 0.834. The maximum atomic E-state index is 12.2. The number of aromatic nitrogens is 2. The molecule has 2 aromatic heterocycles. The number of likely N-dealkylation sites (tertiary alicyclic amines) is 1. The summed E-state index contributed by atoms with van der Waals surface area (Å²) in [6, 6.07) is 47.6. The van der Waals surface area contributed by atoms with Gasteiger partial charge in [-0.1, -0.05) is 160 Å². The van der Waals surface area contributed by atoms with Gasteiger partial charge >= 0.3 is 71.0 Å². The minimum absolute atomic E-state index is 0. The van der Waals surface area contributed by atoms with Crippen LogP contribution in [0.3, 0.4) is 0 Å². The number of carbonyl (C=O) groups excluding carboxylic acids is 6. The fourth-order valence-electron chi connectivity index (χ4n) is 10.4. The largest absolute Gasteiger partial charge is 2.00 e. The quantitative estimate of drug-likeness (QED) is 0.0413. The number of aryl methyl sites for hydroxylation is 4. The van der Waals surface area contributed by atoms with Crippen molar-refractivity contribution >= 4 is 79.6 Å². The average molecular weight is 1600 g/mol. The van der Waals surface area contributed by atoms with E-state index in [9.17, 15) is 41.9 Å². The SMILES string of the molecule is CC(CNC(=O)OC(C)(C)C)C(C)CC(=O)c1ccccc1.CC1C=NC(c2ccccc2)CC1C.CC1CC(=O)N(C(=O)OC(C)(C)C)CC1C.CC1CNC(=O)CC1C.CC1CNC(c2ccccc2)CC1C.Cc1c[nH]c(=O)cc1C.Cc1cnc(N)cc1C.O=CC(F)(F)F.[B].[Br-].[H-].[Mg+2].[Na+].[c-]1ccccc1. The second-order valence-electron chi connectivity index (χ2n) is 30.4. The van der Waals surface area contributed by atoms with E-state index in [-0.39, 0.29) is 114 Å². The molecule has 0 spiro atoms. The Morgan fingerprint density at radius 1 is 0.670 bits per heavy atom. The summed E-state index contributed by atoms with van der Waals surface area (Å²) in [6.07, 6.45) is 3.05. The molecule has 0 saturated carbocycles. The van der Waals surface area contributed by atoms with E-state index in [1.165, 1.54) is 40.0 Å². The Balaban J connectivity index is -0.000000586. The molecular formula is C85H123BBrF3MgN8NaO9. The number of nitrogens with zero attached hydrogens (tertiary/aromatic N) is 3. The van der Waals surface area contributed by atoms with Crippen LogP contribution in [0.5, 0.6) is 0 Å². The fourth-order valence-corrected chi connectivity index (χ4v) is 10.4. The molecule has 0 bridgehead atoms. The zero-order valence-corrected chi connectivity index (χ0v) is 73.7. The third kappa shape index (κ3) is 46.8. The number of piperidine rings is 3. The number of H-pyrrole nitrogens is 1. The van der Waals surface area contributed by atoms with Crippen molar-refractivity contribution < 1.29 is 99.4 Å². The van der Waals surface area contributed by atoms with Gasteiger partial charge in [0.25, 0.3) is 0 Å². The predicted molar refractivity (Wildman–Crippen MR) is 430 cm³/mol. The van der Waals surface area contributed by atoms with Gasteiger partial charge in [-0.25, -0.2) is 19.5 Å². The van der Waals surface area contributed by atoms with Crippen molar-refractivity contribution in [2.75, 3.05) is 31.9 Å². The summed E-state index contributed by atoms with van der Waals surface area (Å²) in [4.78, 5) is 89.6. The van der Waals surface area contributed by atoms with Gasteiger partial charge in [0, 0.05) is 83.6 Å². The number of aldehydes is 1. The molecule has 4 aliphatic rings. The number of hydrogen-bond acceptors (Lipinski definition) is 13. The number of halogens is 4. The number of imide groups is 1. The second-order valence-corrected chi connectivity index (χ2v) is 30.4. The van der Waals surface area contributed by atoms with Crippen molar-refractivity contribution in [1.29, 1.82) is 0 Å². The van der Waals surface area contributed by atoms with E-state index in [0.717, 1.165) is 47.5 Å². The van der Waals surface area contributed by atoms with Crippen LogP contribution in [0.1, 0.15) is 200 Å². The van der Waals surface area contributed by atoms with E-state index < -0.39 is 35.9 Å². The number of alkyl carbamates (subject to hydrolysis) is 1. The van der Waals surface area contributed by atoms with Gasteiger partial charge in [0.05, 0.1) is 6.04 Å². The smallest absolute Gasteiger partial charge is 1.00 e. The van der Waals surface area contributed by atoms with Gasteiger partial charge in [0.1, 0.15) is 17.0 Å². The molecule has 12 unspecified atom stereocenters. The Hall–Kier alpha value is -6.47. The van der Waals surface area contributed by atoms with Crippen LogP contribution < -0.4 is 73.8 Å². The Labute approximate surface area is 701 Å². The van der Waals surface area contributed by atoms with E-state index in [2.05, 4.69) is 152 Å². The second kappa shape index (κ2) is 55.0. The van der Waals surface area contributed by atoms with Crippen LogP contribution >= 0.6 is 0 Å². The number of alkyl halides is 3. The first-order valence-corrected chi connectivity index (χ1v) is 36.6. The number of benzene rings is 4. The molecule has 6 aromatic rings. The summed E-state index contributed by atoms with van der Waals surface area (Å²) in [5.41, 5.74) is 12.4. The van der Waals surface area contributed by atoms with Crippen LogP contribution in [0.2, 0.25) is 0 Å². The predicted octanol–water partition coefficient (Wildman–Crippen LogP) is 11.6. The molecule has 4 aliphatic heterocycles. The van der Waals surface area contributed by atoms with Gasteiger partial charge < -0.3 is 54.5 Å². The molecule has 3 saturated heterocycles.